The second kappa shape index (κ2) is 6.15. The summed E-state index contributed by atoms with van der Waals surface area (Å²) in [7, 11) is 2.08. The van der Waals surface area contributed by atoms with Crippen LogP contribution in [0.4, 0.5) is 0 Å². The van der Waals surface area contributed by atoms with E-state index >= 15 is 0 Å². The number of hydrogen-bond donors (Lipinski definition) is 1. The Balaban J connectivity index is 1.71. The molecular formula is C17H26N2O. The molecule has 1 saturated carbocycles. The molecule has 1 heterocycles. The van der Waals surface area contributed by atoms with Gasteiger partial charge in [-0.2, -0.15) is 0 Å². The van der Waals surface area contributed by atoms with E-state index in [1.807, 2.05) is 0 Å². The molecule has 3 heteroatoms. The minimum atomic E-state index is 0.480. The van der Waals surface area contributed by atoms with Crippen LogP contribution in [0.2, 0.25) is 0 Å². The number of para-hydroxylation sites is 1. The van der Waals surface area contributed by atoms with Gasteiger partial charge in [0.2, 0.25) is 0 Å². The lowest BCUT2D eigenvalue weighted by Crippen LogP contribution is -2.42. The third kappa shape index (κ3) is 2.99. The van der Waals surface area contributed by atoms with Crippen molar-refractivity contribution in [1.82, 2.24) is 10.2 Å². The first-order valence-corrected chi connectivity index (χ1v) is 7.89. The van der Waals surface area contributed by atoms with E-state index in [4.69, 9.17) is 4.74 Å². The molecule has 1 aliphatic heterocycles. The Morgan fingerprint density at radius 2 is 2.05 bits per heavy atom. The topological polar surface area (TPSA) is 24.5 Å². The minimum Gasteiger partial charge on any atom is -0.492 e. The fourth-order valence-corrected chi connectivity index (χ4v) is 3.88. The maximum atomic E-state index is 5.88. The monoisotopic (exact) mass is 274 g/mol. The number of nitrogens with one attached hydrogen (secondary N) is 1. The summed E-state index contributed by atoms with van der Waals surface area (Å²) in [5.74, 6) is 1.07. The summed E-state index contributed by atoms with van der Waals surface area (Å²) in [5, 5.41) is 3.42. The Labute approximate surface area is 122 Å². The Kier molecular flexibility index (Phi) is 4.27. The van der Waals surface area contributed by atoms with Gasteiger partial charge in [-0.3, -0.25) is 4.90 Å². The normalized spacial score (nSPS) is 22.1. The van der Waals surface area contributed by atoms with E-state index in [1.165, 1.54) is 37.8 Å². The summed E-state index contributed by atoms with van der Waals surface area (Å²) in [6.45, 7) is 5.23. The van der Waals surface area contributed by atoms with E-state index in [-0.39, 0.29) is 0 Å². The molecule has 1 N–H and O–H groups in total. The zero-order valence-electron chi connectivity index (χ0n) is 12.5. The quantitative estimate of drug-likeness (QED) is 0.913. The van der Waals surface area contributed by atoms with Crippen molar-refractivity contribution in [3.8, 4) is 5.75 Å². The van der Waals surface area contributed by atoms with E-state index in [0.717, 1.165) is 32.0 Å². The van der Waals surface area contributed by atoms with Crippen molar-refractivity contribution in [1.29, 1.82) is 0 Å². The number of ether oxygens (including phenoxy) is 1. The van der Waals surface area contributed by atoms with Gasteiger partial charge in [-0.05, 0) is 31.4 Å². The summed E-state index contributed by atoms with van der Waals surface area (Å²) >= 11 is 0. The standard InChI is InChI=1S/C17H26N2O/c1-18-13-17(8-4-5-9-17)14-19-10-11-20-16-7-3-2-6-15(16)12-19/h2-3,6-7,18H,4-5,8-14H2,1H3. The highest BCUT2D eigenvalue weighted by Crippen LogP contribution is 2.39. The second-order valence-corrected chi connectivity index (χ2v) is 6.40. The molecule has 0 amide bonds. The molecule has 0 unspecified atom stereocenters. The van der Waals surface area contributed by atoms with Crippen molar-refractivity contribution in [3.63, 3.8) is 0 Å². The van der Waals surface area contributed by atoms with Crippen LogP contribution in [-0.2, 0) is 6.54 Å². The van der Waals surface area contributed by atoms with Gasteiger partial charge in [0.15, 0.2) is 0 Å². The van der Waals surface area contributed by atoms with E-state index < -0.39 is 0 Å². The van der Waals surface area contributed by atoms with Crippen molar-refractivity contribution in [2.24, 2.45) is 5.41 Å². The number of benzene rings is 1. The van der Waals surface area contributed by atoms with Crippen LogP contribution < -0.4 is 10.1 Å². The smallest absolute Gasteiger partial charge is 0.123 e. The zero-order valence-corrected chi connectivity index (χ0v) is 12.5. The van der Waals surface area contributed by atoms with Gasteiger partial charge in [0.05, 0.1) is 0 Å². The summed E-state index contributed by atoms with van der Waals surface area (Å²) in [6, 6.07) is 8.48. The molecule has 1 fully saturated rings. The fraction of sp³-hybridized carbons (Fsp3) is 0.647. The second-order valence-electron chi connectivity index (χ2n) is 6.40. The highest BCUT2D eigenvalue weighted by Gasteiger charge is 2.35. The lowest BCUT2D eigenvalue weighted by atomic mass is 9.85. The minimum absolute atomic E-state index is 0.480. The highest BCUT2D eigenvalue weighted by atomic mass is 16.5. The van der Waals surface area contributed by atoms with E-state index in [1.54, 1.807) is 0 Å². The predicted octanol–water partition coefficient (Wildman–Crippen LogP) is 2.66. The van der Waals surface area contributed by atoms with Crippen molar-refractivity contribution >= 4 is 0 Å². The van der Waals surface area contributed by atoms with Gasteiger partial charge in [0, 0.05) is 31.7 Å². The molecule has 0 aromatic heterocycles. The lowest BCUT2D eigenvalue weighted by molar-refractivity contribution is 0.136. The molecule has 0 radical (unpaired) electrons. The van der Waals surface area contributed by atoms with Gasteiger partial charge >= 0.3 is 0 Å². The molecular weight excluding hydrogens is 248 g/mol. The molecule has 1 aliphatic carbocycles. The molecule has 3 nitrogen and oxygen atoms in total. The van der Waals surface area contributed by atoms with Gasteiger partial charge in [-0.25, -0.2) is 0 Å². The summed E-state index contributed by atoms with van der Waals surface area (Å²) in [6.07, 6.45) is 5.52. The van der Waals surface area contributed by atoms with Crippen LogP contribution in [0.1, 0.15) is 31.2 Å². The van der Waals surface area contributed by atoms with Crippen LogP contribution in [0.3, 0.4) is 0 Å². The van der Waals surface area contributed by atoms with Crippen LogP contribution in [0.25, 0.3) is 0 Å². The number of nitrogens with zero attached hydrogens (tertiary/aromatic N) is 1. The van der Waals surface area contributed by atoms with Crippen molar-refractivity contribution in [2.45, 2.75) is 32.2 Å². The largest absolute Gasteiger partial charge is 0.492 e. The number of fused-ring (bicyclic) bond motifs is 1. The first-order chi connectivity index (χ1) is 9.81. The van der Waals surface area contributed by atoms with Crippen LogP contribution >= 0.6 is 0 Å². The van der Waals surface area contributed by atoms with E-state index in [0.29, 0.717) is 5.41 Å². The average molecular weight is 274 g/mol. The SMILES string of the molecule is CNCC1(CN2CCOc3ccccc3C2)CCCC1. The van der Waals surface area contributed by atoms with E-state index in [2.05, 4.69) is 41.5 Å². The molecule has 2 aliphatic rings. The van der Waals surface area contributed by atoms with Crippen molar-refractivity contribution in [3.05, 3.63) is 29.8 Å². The maximum absolute atomic E-state index is 5.88. The summed E-state index contributed by atoms with van der Waals surface area (Å²) < 4.78 is 5.88. The molecule has 0 saturated heterocycles. The number of hydrogen-bond acceptors (Lipinski definition) is 3. The van der Waals surface area contributed by atoms with Gasteiger partial charge in [0.1, 0.15) is 12.4 Å². The molecule has 1 aromatic carbocycles. The van der Waals surface area contributed by atoms with Crippen LogP contribution in [-0.4, -0.2) is 38.2 Å². The molecule has 0 spiro atoms. The number of rotatable bonds is 4. The van der Waals surface area contributed by atoms with Crippen LogP contribution in [0, 0.1) is 5.41 Å². The van der Waals surface area contributed by atoms with E-state index in [9.17, 15) is 0 Å². The predicted molar refractivity (Wildman–Crippen MR) is 82.0 cm³/mol. The Hall–Kier alpha value is -1.06. The van der Waals surface area contributed by atoms with Gasteiger partial charge in [0.25, 0.3) is 0 Å². The summed E-state index contributed by atoms with van der Waals surface area (Å²) in [5.41, 5.74) is 1.82. The van der Waals surface area contributed by atoms with Crippen molar-refractivity contribution < 1.29 is 4.74 Å². The fourth-order valence-electron chi connectivity index (χ4n) is 3.88. The Morgan fingerprint density at radius 1 is 1.25 bits per heavy atom. The van der Waals surface area contributed by atoms with Crippen LogP contribution in [0.5, 0.6) is 5.75 Å². The summed E-state index contributed by atoms with van der Waals surface area (Å²) in [4.78, 5) is 2.59. The molecule has 0 bridgehead atoms. The molecule has 0 atom stereocenters. The first kappa shape index (κ1) is 13.9. The van der Waals surface area contributed by atoms with Gasteiger partial charge < -0.3 is 10.1 Å². The molecule has 20 heavy (non-hydrogen) atoms. The zero-order chi connectivity index (χ0) is 13.8. The molecule has 3 rings (SSSR count). The van der Waals surface area contributed by atoms with Crippen LogP contribution in [0.15, 0.2) is 24.3 Å². The molecule has 110 valence electrons. The Morgan fingerprint density at radius 3 is 2.85 bits per heavy atom. The first-order valence-electron chi connectivity index (χ1n) is 7.89. The molecule has 1 aromatic rings. The average Bonchev–Trinajstić information content (AvgIpc) is 2.80. The van der Waals surface area contributed by atoms with Crippen molar-refractivity contribution in [2.75, 3.05) is 33.3 Å². The van der Waals surface area contributed by atoms with Gasteiger partial charge in [-0.1, -0.05) is 31.0 Å². The third-order valence-corrected chi connectivity index (χ3v) is 4.81. The lowest BCUT2D eigenvalue weighted by Gasteiger charge is -2.34. The highest BCUT2D eigenvalue weighted by molar-refractivity contribution is 5.33. The maximum Gasteiger partial charge on any atom is 0.123 e. The Bertz CT molecular complexity index is 440. The third-order valence-electron chi connectivity index (χ3n) is 4.81. The van der Waals surface area contributed by atoms with Gasteiger partial charge in [-0.15, -0.1) is 0 Å².